The number of pyridine rings is 1. The van der Waals surface area contributed by atoms with Crippen molar-refractivity contribution in [2.45, 2.75) is 6.92 Å². The first-order valence-electron chi connectivity index (χ1n) is 8.16. The number of benzene rings is 2. The van der Waals surface area contributed by atoms with Crippen molar-refractivity contribution in [2.75, 3.05) is 11.9 Å². The molecule has 0 aliphatic carbocycles. The van der Waals surface area contributed by atoms with Crippen molar-refractivity contribution in [2.24, 2.45) is 0 Å². The predicted molar refractivity (Wildman–Crippen MR) is 108 cm³/mol. The monoisotopic (exact) mass is 430 g/mol. The number of nitrogens with one attached hydrogen (secondary N) is 1. The van der Waals surface area contributed by atoms with Gasteiger partial charge in [-0.1, -0.05) is 23.2 Å². The lowest BCUT2D eigenvalue weighted by Gasteiger charge is -2.13. The Morgan fingerprint density at radius 2 is 2.03 bits per heavy atom. The largest absolute Gasteiger partial charge is 0.480 e. The molecule has 3 aromatic rings. The highest BCUT2D eigenvalue weighted by Gasteiger charge is 2.16. The van der Waals surface area contributed by atoms with Gasteiger partial charge < -0.3 is 10.1 Å². The molecule has 2 aromatic carbocycles. The number of halogens is 2. The second kappa shape index (κ2) is 8.31. The molecule has 146 valence electrons. The van der Waals surface area contributed by atoms with Crippen molar-refractivity contribution in [3.63, 3.8) is 0 Å². The molecule has 0 aliphatic heterocycles. The van der Waals surface area contributed by atoms with Gasteiger partial charge in [0.25, 0.3) is 11.6 Å². The number of amides is 1. The maximum Gasteiger partial charge on any atom is 0.270 e. The fourth-order valence-electron chi connectivity index (χ4n) is 2.60. The third kappa shape index (κ3) is 4.37. The van der Waals surface area contributed by atoms with Gasteiger partial charge in [0.2, 0.25) is 0 Å². The molecule has 0 saturated carbocycles. The zero-order chi connectivity index (χ0) is 21.1. The number of nitriles is 1. The number of ether oxygens (including phenoxy) is 1. The second-order valence-electron chi connectivity index (χ2n) is 5.95. The quantitative estimate of drug-likeness (QED) is 0.464. The van der Waals surface area contributed by atoms with E-state index in [1.54, 1.807) is 19.1 Å². The van der Waals surface area contributed by atoms with Crippen LogP contribution in [0.2, 0.25) is 10.0 Å². The van der Waals surface area contributed by atoms with E-state index in [9.17, 15) is 14.9 Å². The Morgan fingerprint density at radius 1 is 1.28 bits per heavy atom. The Balaban J connectivity index is 1.81. The summed E-state index contributed by atoms with van der Waals surface area (Å²) in [6.07, 6.45) is 0. The van der Waals surface area contributed by atoms with Gasteiger partial charge in [-0.15, -0.1) is 0 Å². The summed E-state index contributed by atoms with van der Waals surface area (Å²) in [5.41, 5.74) is 0.974. The molecule has 8 nitrogen and oxygen atoms in total. The summed E-state index contributed by atoms with van der Waals surface area (Å²) in [6.45, 7) is 1.37. The molecule has 0 radical (unpaired) electrons. The maximum absolute atomic E-state index is 12.3. The van der Waals surface area contributed by atoms with Crippen molar-refractivity contribution >= 4 is 51.4 Å². The van der Waals surface area contributed by atoms with Crippen molar-refractivity contribution in [3.05, 3.63) is 67.8 Å². The van der Waals surface area contributed by atoms with Crippen LogP contribution in [0.5, 0.6) is 5.75 Å². The first-order chi connectivity index (χ1) is 13.8. The van der Waals surface area contributed by atoms with Gasteiger partial charge in [0.1, 0.15) is 11.6 Å². The van der Waals surface area contributed by atoms with Crippen LogP contribution in [0.15, 0.2) is 36.4 Å². The van der Waals surface area contributed by atoms with Crippen LogP contribution in [0.3, 0.4) is 0 Å². The summed E-state index contributed by atoms with van der Waals surface area (Å²) in [4.78, 5) is 26.8. The number of anilines is 1. The van der Waals surface area contributed by atoms with Crippen LogP contribution in [0, 0.1) is 28.4 Å². The minimum absolute atomic E-state index is 0.0418. The molecule has 10 heteroatoms. The van der Waals surface area contributed by atoms with Crippen LogP contribution in [-0.4, -0.2) is 22.4 Å². The number of hydrogen-bond acceptors (Lipinski definition) is 6. The minimum atomic E-state index is -0.627. The summed E-state index contributed by atoms with van der Waals surface area (Å²) < 4.78 is 5.57. The fourth-order valence-corrected chi connectivity index (χ4v) is 3.17. The van der Waals surface area contributed by atoms with Gasteiger partial charge in [-0.25, -0.2) is 4.98 Å². The van der Waals surface area contributed by atoms with E-state index in [-0.39, 0.29) is 27.7 Å². The zero-order valence-corrected chi connectivity index (χ0v) is 16.4. The van der Waals surface area contributed by atoms with Crippen LogP contribution in [0.4, 0.5) is 11.4 Å². The first kappa shape index (κ1) is 20.3. The minimum Gasteiger partial charge on any atom is -0.480 e. The summed E-state index contributed by atoms with van der Waals surface area (Å²) in [6, 6.07) is 10.4. The third-order valence-electron chi connectivity index (χ3n) is 3.93. The lowest BCUT2D eigenvalue weighted by Crippen LogP contribution is -2.21. The predicted octanol–water partition coefficient (Wildman–Crippen LogP) is 4.65. The summed E-state index contributed by atoms with van der Waals surface area (Å²) in [7, 11) is 0. The van der Waals surface area contributed by atoms with E-state index in [2.05, 4.69) is 10.3 Å². The normalized spacial score (nSPS) is 10.4. The van der Waals surface area contributed by atoms with E-state index in [4.69, 9.17) is 33.2 Å². The molecule has 0 fully saturated rings. The number of hydrogen-bond donors (Lipinski definition) is 1. The number of aromatic nitrogens is 1. The van der Waals surface area contributed by atoms with Crippen LogP contribution < -0.4 is 10.1 Å². The molecule has 1 amide bonds. The number of nitro benzene ring substituents is 1. The first-order valence-corrected chi connectivity index (χ1v) is 8.92. The topological polar surface area (TPSA) is 118 Å². The number of non-ortho nitro benzene ring substituents is 1. The van der Waals surface area contributed by atoms with Crippen LogP contribution in [0.25, 0.3) is 10.9 Å². The second-order valence-corrected chi connectivity index (χ2v) is 6.77. The standard InChI is InChI=1S/C19H12Cl2N4O4/c1-10-2-4-13-14(20)7-15(21)19(18(13)23-10)29-9-17(26)24-16-5-3-12(25(27)28)6-11(16)8-22/h2-7H,9H2,1H3,(H,24,26). The van der Waals surface area contributed by atoms with Gasteiger partial charge in [-0.2, -0.15) is 5.26 Å². The molecule has 0 unspecified atom stereocenters. The van der Waals surface area contributed by atoms with E-state index in [1.807, 2.05) is 6.07 Å². The SMILES string of the molecule is Cc1ccc2c(Cl)cc(Cl)c(OCC(=O)Nc3ccc([N+](=O)[O-])cc3C#N)c2n1. The molecule has 29 heavy (non-hydrogen) atoms. The summed E-state index contributed by atoms with van der Waals surface area (Å²) in [5, 5.41) is 23.7. The Kier molecular flexibility index (Phi) is 5.82. The molecule has 0 spiro atoms. The van der Waals surface area contributed by atoms with Gasteiger partial charge in [0.05, 0.1) is 26.2 Å². The molecule has 3 rings (SSSR count). The van der Waals surface area contributed by atoms with Gasteiger partial charge in [-0.05, 0) is 31.2 Å². The van der Waals surface area contributed by atoms with Gasteiger partial charge in [0, 0.05) is 23.2 Å². The molecule has 1 heterocycles. The molecule has 0 atom stereocenters. The average Bonchev–Trinajstić information content (AvgIpc) is 2.67. The third-order valence-corrected chi connectivity index (χ3v) is 4.53. The van der Waals surface area contributed by atoms with Gasteiger partial charge in [-0.3, -0.25) is 14.9 Å². The lowest BCUT2D eigenvalue weighted by molar-refractivity contribution is -0.384. The number of nitro groups is 1. The number of carbonyl (C=O) groups is 1. The fraction of sp³-hybridized carbons (Fsp3) is 0.105. The van der Waals surface area contributed by atoms with E-state index in [1.165, 1.54) is 18.2 Å². The van der Waals surface area contributed by atoms with Crippen molar-refractivity contribution in [1.82, 2.24) is 4.98 Å². The molecule has 0 bridgehead atoms. The van der Waals surface area contributed by atoms with Crippen molar-refractivity contribution in [3.8, 4) is 11.8 Å². The number of nitrogens with zero attached hydrogens (tertiary/aromatic N) is 3. The Morgan fingerprint density at radius 3 is 2.72 bits per heavy atom. The molecule has 0 aliphatic rings. The van der Waals surface area contributed by atoms with E-state index < -0.39 is 17.4 Å². The Labute approximate surface area is 174 Å². The molecule has 1 aromatic heterocycles. The Bertz CT molecular complexity index is 1190. The smallest absolute Gasteiger partial charge is 0.270 e. The summed E-state index contributed by atoms with van der Waals surface area (Å²) in [5.74, 6) is -0.378. The highest BCUT2D eigenvalue weighted by Crippen LogP contribution is 2.37. The lowest BCUT2D eigenvalue weighted by atomic mass is 10.1. The van der Waals surface area contributed by atoms with Gasteiger partial charge >= 0.3 is 0 Å². The molecule has 1 N–H and O–H groups in total. The molecule has 0 saturated heterocycles. The number of aryl methyl sites for hydroxylation is 1. The number of fused-ring (bicyclic) bond motifs is 1. The van der Waals surface area contributed by atoms with Crippen molar-refractivity contribution < 1.29 is 14.5 Å². The molecular formula is C19H12Cl2N4O4. The number of carbonyl (C=O) groups excluding carboxylic acids is 1. The highest BCUT2D eigenvalue weighted by molar-refractivity contribution is 6.39. The zero-order valence-electron chi connectivity index (χ0n) is 14.9. The Hall–Kier alpha value is -3.41. The highest BCUT2D eigenvalue weighted by atomic mass is 35.5. The van der Waals surface area contributed by atoms with Crippen molar-refractivity contribution in [1.29, 1.82) is 5.26 Å². The number of rotatable bonds is 5. The van der Waals surface area contributed by atoms with Crippen LogP contribution in [-0.2, 0) is 4.79 Å². The van der Waals surface area contributed by atoms with Crippen LogP contribution >= 0.6 is 23.2 Å². The van der Waals surface area contributed by atoms with Crippen LogP contribution in [0.1, 0.15) is 11.3 Å². The summed E-state index contributed by atoms with van der Waals surface area (Å²) >= 11 is 12.4. The van der Waals surface area contributed by atoms with Gasteiger partial charge in [0.15, 0.2) is 12.4 Å². The van der Waals surface area contributed by atoms with E-state index in [0.717, 1.165) is 11.8 Å². The van der Waals surface area contributed by atoms with E-state index >= 15 is 0 Å². The van der Waals surface area contributed by atoms with E-state index in [0.29, 0.717) is 15.9 Å². The average molecular weight is 431 g/mol. The maximum atomic E-state index is 12.3. The molecular weight excluding hydrogens is 419 g/mol.